The van der Waals surface area contributed by atoms with Crippen molar-refractivity contribution in [1.82, 2.24) is 14.5 Å². The molecule has 1 aliphatic heterocycles. The lowest BCUT2D eigenvalue weighted by Gasteiger charge is -2.14. The maximum absolute atomic E-state index is 5.84. The molecule has 1 aromatic rings. The summed E-state index contributed by atoms with van der Waals surface area (Å²) >= 11 is 0. The van der Waals surface area contributed by atoms with Crippen molar-refractivity contribution in [2.75, 3.05) is 19.6 Å². The van der Waals surface area contributed by atoms with E-state index in [0.29, 0.717) is 6.04 Å². The highest BCUT2D eigenvalue weighted by molar-refractivity contribution is 4.92. The van der Waals surface area contributed by atoms with Gasteiger partial charge >= 0.3 is 0 Å². The number of aromatic nitrogens is 2. The van der Waals surface area contributed by atoms with Gasteiger partial charge in [0.05, 0.1) is 0 Å². The van der Waals surface area contributed by atoms with Crippen molar-refractivity contribution >= 4 is 0 Å². The fraction of sp³-hybridized carbons (Fsp3) is 0.700. The standard InChI is InChI=1S/C10H18N4/c1-13-7-4-12-10(13)3-6-14-5-2-9(11)8-14/h4,7,9H,2-3,5-6,8,11H2,1H3/t9-/m0/s1. The highest BCUT2D eigenvalue weighted by Crippen LogP contribution is 2.07. The van der Waals surface area contributed by atoms with Gasteiger partial charge in [-0.2, -0.15) is 0 Å². The van der Waals surface area contributed by atoms with Gasteiger partial charge in [-0.25, -0.2) is 4.98 Å². The molecule has 2 N–H and O–H groups in total. The Bertz CT molecular complexity index is 294. The van der Waals surface area contributed by atoms with Crippen LogP contribution in [0.4, 0.5) is 0 Å². The molecule has 0 aliphatic carbocycles. The van der Waals surface area contributed by atoms with E-state index in [9.17, 15) is 0 Å². The third-order valence-electron chi connectivity index (χ3n) is 2.88. The molecule has 1 aliphatic rings. The summed E-state index contributed by atoms with van der Waals surface area (Å²) in [7, 11) is 2.04. The first-order valence-corrected chi connectivity index (χ1v) is 5.20. The lowest BCUT2D eigenvalue weighted by molar-refractivity contribution is 0.335. The van der Waals surface area contributed by atoms with Gasteiger partial charge in [0.1, 0.15) is 5.82 Å². The number of rotatable bonds is 3. The largest absolute Gasteiger partial charge is 0.338 e. The second kappa shape index (κ2) is 4.11. The van der Waals surface area contributed by atoms with E-state index in [1.807, 2.05) is 19.4 Å². The first-order chi connectivity index (χ1) is 6.75. The van der Waals surface area contributed by atoms with Crippen LogP contribution in [0.1, 0.15) is 12.2 Å². The van der Waals surface area contributed by atoms with Gasteiger partial charge in [0, 0.05) is 45.0 Å². The zero-order valence-corrected chi connectivity index (χ0v) is 8.69. The summed E-state index contributed by atoms with van der Waals surface area (Å²) in [6.45, 7) is 3.27. The molecule has 78 valence electrons. The topological polar surface area (TPSA) is 47.1 Å². The van der Waals surface area contributed by atoms with Gasteiger partial charge in [-0.3, -0.25) is 0 Å². The van der Waals surface area contributed by atoms with Gasteiger partial charge in [-0.1, -0.05) is 0 Å². The molecule has 0 unspecified atom stereocenters. The lowest BCUT2D eigenvalue weighted by atomic mass is 10.3. The molecule has 14 heavy (non-hydrogen) atoms. The van der Waals surface area contributed by atoms with E-state index < -0.39 is 0 Å². The average molecular weight is 194 g/mol. The molecule has 1 fully saturated rings. The Morgan fingerprint density at radius 2 is 2.50 bits per heavy atom. The van der Waals surface area contributed by atoms with Crippen molar-refractivity contribution in [3.05, 3.63) is 18.2 Å². The van der Waals surface area contributed by atoms with Gasteiger partial charge in [-0.05, 0) is 13.0 Å². The highest BCUT2D eigenvalue weighted by Gasteiger charge is 2.18. The number of hydrogen-bond donors (Lipinski definition) is 1. The van der Waals surface area contributed by atoms with Crippen LogP contribution in [-0.4, -0.2) is 40.1 Å². The fourth-order valence-corrected chi connectivity index (χ4v) is 1.96. The summed E-state index contributed by atoms with van der Waals surface area (Å²) in [6, 6.07) is 0.386. The molecule has 1 atom stereocenters. The molecule has 0 radical (unpaired) electrons. The van der Waals surface area contributed by atoms with Crippen molar-refractivity contribution in [1.29, 1.82) is 0 Å². The summed E-state index contributed by atoms with van der Waals surface area (Å²) in [4.78, 5) is 6.72. The van der Waals surface area contributed by atoms with Crippen molar-refractivity contribution in [2.24, 2.45) is 12.8 Å². The third-order valence-corrected chi connectivity index (χ3v) is 2.88. The van der Waals surface area contributed by atoms with Crippen LogP contribution in [0.3, 0.4) is 0 Å². The number of nitrogens with zero attached hydrogens (tertiary/aromatic N) is 3. The Labute approximate surface area is 84.7 Å². The fourth-order valence-electron chi connectivity index (χ4n) is 1.96. The van der Waals surface area contributed by atoms with Crippen LogP contribution in [0.15, 0.2) is 12.4 Å². The minimum absolute atomic E-state index is 0.386. The van der Waals surface area contributed by atoms with E-state index in [1.165, 1.54) is 0 Å². The Kier molecular flexibility index (Phi) is 2.84. The molecule has 4 nitrogen and oxygen atoms in total. The van der Waals surface area contributed by atoms with E-state index in [-0.39, 0.29) is 0 Å². The maximum Gasteiger partial charge on any atom is 0.109 e. The molecule has 1 aromatic heterocycles. The molecular formula is C10H18N4. The Morgan fingerprint density at radius 3 is 3.07 bits per heavy atom. The highest BCUT2D eigenvalue weighted by atomic mass is 15.2. The molecule has 0 amide bonds. The number of aryl methyl sites for hydroxylation is 1. The molecule has 0 saturated carbocycles. The molecule has 2 rings (SSSR count). The molecule has 4 heteroatoms. The SMILES string of the molecule is Cn1ccnc1CCN1CC[C@H](N)C1. The van der Waals surface area contributed by atoms with Crippen molar-refractivity contribution in [2.45, 2.75) is 18.9 Å². The lowest BCUT2D eigenvalue weighted by Crippen LogP contribution is -2.28. The van der Waals surface area contributed by atoms with Crippen LogP contribution in [-0.2, 0) is 13.5 Å². The Hall–Kier alpha value is -0.870. The van der Waals surface area contributed by atoms with E-state index in [1.54, 1.807) is 0 Å². The molecular weight excluding hydrogens is 176 g/mol. The zero-order chi connectivity index (χ0) is 9.97. The van der Waals surface area contributed by atoms with Gasteiger partial charge in [0.2, 0.25) is 0 Å². The number of imidazole rings is 1. The second-order valence-electron chi connectivity index (χ2n) is 4.05. The Morgan fingerprint density at radius 1 is 1.64 bits per heavy atom. The minimum atomic E-state index is 0.386. The maximum atomic E-state index is 5.84. The minimum Gasteiger partial charge on any atom is -0.338 e. The number of nitrogens with two attached hydrogens (primary N) is 1. The number of likely N-dealkylation sites (tertiary alicyclic amines) is 1. The Balaban J connectivity index is 1.80. The normalized spacial score (nSPS) is 23.1. The third kappa shape index (κ3) is 2.13. The zero-order valence-electron chi connectivity index (χ0n) is 8.69. The number of hydrogen-bond acceptors (Lipinski definition) is 3. The molecule has 0 spiro atoms. The monoisotopic (exact) mass is 194 g/mol. The van der Waals surface area contributed by atoms with Gasteiger partial charge < -0.3 is 15.2 Å². The summed E-state index contributed by atoms with van der Waals surface area (Å²) in [5.41, 5.74) is 5.84. The van der Waals surface area contributed by atoms with E-state index >= 15 is 0 Å². The first kappa shape index (κ1) is 9.68. The smallest absolute Gasteiger partial charge is 0.109 e. The van der Waals surface area contributed by atoms with Gasteiger partial charge in [0.25, 0.3) is 0 Å². The summed E-state index contributed by atoms with van der Waals surface area (Å²) < 4.78 is 2.08. The van der Waals surface area contributed by atoms with Crippen LogP contribution in [0.2, 0.25) is 0 Å². The molecule has 0 aromatic carbocycles. The predicted octanol–water partition coefficient (Wildman–Crippen LogP) is -0.00440. The van der Waals surface area contributed by atoms with Crippen molar-refractivity contribution in [3.63, 3.8) is 0 Å². The van der Waals surface area contributed by atoms with Crippen LogP contribution in [0.25, 0.3) is 0 Å². The van der Waals surface area contributed by atoms with Gasteiger partial charge in [-0.15, -0.1) is 0 Å². The van der Waals surface area contributed by atoms with Crippen LogP contribution < -0.4 is 5.73 Å². The van der Waals surface area contributed by atoms with E-state index in [0.717, 1.165) is 38.3 Å². The first-order valence-electron chi connectivity index (χ1n) is 5.20. The molecule has 0 bridgehead atoms. The van der Waals surface area contributed by atoms with Gasteiger partial charge in [0.15, 0.2) is 0 Å². The average Bonchev–Trinajstić information content (AvgIpc) is 2.72. The van der Waals surface area contributed by atoms with Crippen LogP contribution in [0, 0.1) is 0 Å². The van der Waals surface area contributed by atoms with E-state index in [2.05, 4.69) is 14.5 Å². The van der Waals surface area contributed by atoms with Crippen LogP contribution in [0.5, 0.6) is 0 Å². The summed E-state index contributed by atoms with van der Waals surface area (Å²) in [5, 5.41) is 0. The van der Waals surface area contributed by atoms with Crippen LogP contribution >= 0.6 is 0 Å². The second-order valence-corrected chi connectivity index (χ2v) is 4.05. The summed E-state index contributed by atoms with van der Waals surface area (Å²) in [6.07, 6.45) is 6.01. The van der Waals surface area contributed by atoms with E-state index in [4.69, 9.17) is 5.73 Å². The van der Waals surface area contributed by atoms with Crippen molar-refractivity contribution < 1.29 is 0 Å². The quantitative estimate of drug-likeness (QED) is 0.736. The predicted molar refractivity (Wildman–Crippen MR) is 55.9 cm³/mol. The molecule has 1 saturated heterocycles. The van der Waals surface area contributed by atoms with Crippen molar-refractivity contribution in [3.8, 4) is 0 Å². The summed E-state index contributed by atoms with van der Waals surface area (Å²) in [5.74, 6) is 1.16. The molecule has 2 heterocycles.